The number of aryl methyl sites for hydroxylation is 3. The summed E-state index contributed by atoms with van der Waals surface area (Å²) < 4.78 is 28.8. The Morgan fingerprint density at radius 1 is 1.32 bits per heavy atom. The molecular formula is C12H16N4O2S. The molecule has 6 nitrogen and oxygen atoms in total. The normalized spacial score (nSPS) is 11.5. The van der Waals surface area contributed by atoms with Crippen LogP contribution in [0.2, 0.25) is 0 Å². The average Bonchev–Trinajstić information content (AvgIpc) is 2.55. The lowest BCUT2D eigenvalue weighted by molar-refractivity contribution is 0.601. The monoisotopic (exact) mass is 280 g/mol. The van der Waals surface area contributed by atoms with Gasteiger partial charge in [0.1, 0.15) is 4.90 Å². The number of nitrogen functional groups attached to an aromatic ring is 1. The van der Waals surface area contributed by atoms with Crippen LogP contribution < -0.4 is 10.5 Å². The molecule has 7 heteroatoms. The van der Waals surface area contributed by atoms with Crippen molar-refractivity contribution >= 4 is 21.4 Å². The minimum absolute atomic E-state index is 0.109. The number of benzene rings is 1. The second kappa shape index (κ2) is 4.58. The summed E-state index contributed by atoms with van der Waals surface area (Å²) in [5.74, 6) is 0. The quantitative estimate of drug-likeness (QED) is 0.832. The molecule has 0 saturated carbocycles. The zero-order chi connectivity index (χ0) is 14.2. The molecule has 0 aliphatic heterocycles. The van der Waals surface area contributed by atoms with Crippen molar-refractivity contribution < 1.29 is 8.42 Å². The number of anilines is 2. The molecule has 0 fully saturated rings. The molecule has 0 unspecified atom stereocenters. The first-order chi connectivity index (χ1) is 8.81. The van der Waals surface area contributed by atoms with Crippen molar-refractivity contribution in [3.8, 4) is 0 Å². The Bertz CT molecular complexity index is 699. The predicted molar refractivity (Wildman–Crippen MR) is 74.3 cm³/mol. The number of nitrogens with two attached hydrogens (primary N) is 1. The first-order valence-corrected chi connectivity index (χ1v) is 7.18. The number of aromatic nitrogens is 2. The van der Waals surface area contributed by atoms with E-state index in [2.05, 4.69) is 9.82 Å². The van der Waals surface area contributed by atoms with Crippen LogP contribution in [-0.4, -0.2) is 18.2 Å². The molecule has 0 saturated heterocycles. The maximum absolute atomic E-state index is 12.4. The summed E-state index contributed by atoms with van der Waals surface area (Å²) in [6.07, 6.45) is 1.61. The van der Waals surface area contributed by atoms with Crippen LogP contribution in [0.3, 0.4) is 0 Å². The van der Waals surface area contributed by atoms with Gasteiger partial charge < -0.3 is 5.73 Å². The molecule has 0 atom stereocenters. The molecule has 1 aromatic heterocycles. The maximum atomic E-state index is 12.4. The minimum Gasteiger partial charge on any atom is -0.398 e. The second-order valence-electron chi connectivity index (χ2n) is 4.40. The van der Waals surface area contributed by atoms with Crippen LogP contribution in [0.25, 0.3) is 0 Å². The number of nitrogens with one attached hydrogen (secondary N) is 1. The largest absolute Gasteiger partial charge is 0.398 e. The highest BCUT2D eigenvalue weighted by Gasteiger charge is 2.21. The van der Waals surface area contributed by atoms with Gasteiger partial charge in [0, 0.05) is 13.2 Å². The molecule has 0 bridgehead atoms. The predicted octanol–water partition coefficient (Wildman–Crippen LogP) is 1.42. The third kappa shape index (κ3) is 2.55. The standard InChI is InChI=1S/C12H16N4O2S/c1-8-5-4-6-10(13)12(8)19(17,18)15-11-7-16(3)14-9(11)2/h4-7,15H,13H2,1-3H3. The second-order valence-corrected chi connectivity index (χ2v) is 6.02. The Morgan fingerprint density at radius 2 is 2.00 bits per heavy atom. The number of rotatable bonds is 3. The van der Waals surface area contributed by atoms with Crippen molar-refractivity contribution in [1.29, 1.82) is 0 Å². The number of nitrogens with zero attached hydrogens (tertiary/aromatic N) is 2. The highest BCUT2D eigenvalue weighted by Crippen LogP contribution is 2.25. The Balaban J connectivity index is 2.47. The fraction of sp³-hybridized carbons (Fsp3) is 0.250. The van der Waals surface area contributed by atoms with Gasteiger partial charge in [0.15, 0.2) is 0 Å². The summed E-state index contributed by atoms with van der Waals surface area (Å²) in [7, 11) is -1.98. The zero-order valence-corrected chi connectivity index (χ0v) is 11.8. The molecule has 0 amide bonds. The Morgan fingerprint density at radius 3 is 2.53 bits per heavy atom. The van der Waals surface area contributed by atoms with E-state index in [4.69, 9.17) is 5.73 Å². The van der Waals surface area contributed by atoms with E-state index in [1.807, 2.05) is 0 Å². The van der Waals surface area contributed by atoms with E-state index < -0.39 is 10.0 Å². The SMILES string of the molecule is Cc1cccc(N)c1S(=O)(=O)Nc1cn(C)nc1C. The highest BCUT2D eigenvalue weighted by molar-refractivity contribution is 7.93. The van der Waals surface area contributed by atoms with Gasteiger partial charge in [-0.15, -0.1) is 0 Å². The Labute approximate surface area is 112 Å². The molecule has 2 aromatic rings. The molecule has 0 aliphatic rings. The van der Waals surface area contributed by atoms with Gasteiger partial charge in [-0.2, -0.15) is 5.10 Å². The van der Waals surface area contributed by atoms with Crippen LogP contribution >= 0.6 is 0 Å². The van der Waals surface area contributed by atoms with Gasteiger partial charge in [-0.3, -0.25) is 9.40 Å². The number of sulfonamides is 1. The lowest BCUT2D eigenvalue weighted by Crippen LogP contribution is -2.16. The van der Waals surface area contributed by atoms with Crippen molar-refractivity contribution in [2.75, 3.05) is 10.5 Å². The van der Waals surface area contributed by atoms with Gasteiger partial charge in [0.25, 0.3) is 10.0 Å². The zero-order valence-electron chi connectivity index (χ0n) is 11.0. The molecule has 1 aromatic carbocycles. The minimum atomic E-state index is -3.71. The fourth-order valence-corrected chi connectivity index (χ4v) is 3.40. The van der Waals surface area contributed by atoms with Crippen LogP contribution in [0, 0.1) is 13.8 Å². The van der Waals surface area contributed by atoms with Crippen molar-refractivity contribution in [1.82, 2.24) is 9.78 Å². The summed E-state index contributed by atoms with van der Waals surface area (Å²) >= 11 is 0. The van der Waals surface area contributed by atoms with E-state index in [1.165, 1.54) is 0 Å². The van der Waals surface area contributed by atoms with Crippen LogP contribution in [-0.2, 0) is 17.1 Å². The molecule has 102 valence electrons. The van der Waals surface area contributed by atoms with Crippen LogP contribution in [0.1, 0.15) is 11.3 Å². The molecule has 0 spiro atoms. The molecule has 3 N–H and O–H groups in total. The highest BCUT2D eigenvalue weighted by atomic mass is 32.2. The van der Waals surface area contributed by atoms with Gasteiger partial charge in [-0.1, -0.05) is 12.1 Å². The molecule has 19 heavy (non-hydrogen) atoms. The van der Waals surface area contributed by atoms with Gasteiger partial charge in [0.2, 0.25) is 0 Å². The van der Waals surface area contributed by atoms with Crippen molar-refractivity contribution in [2.45, 2.75) is 18.7 Å². The van der Waals surface area contributed by atoms with E-state index in [1.54, 1.807) is 50.0 Å². The number of hydrogen-bond donors (Lipinski definition) is 2. The van der Waals surface area contributed by atoms with Crippen molar-refractivity contribution in [3.63, 3.8) is 0 Å². The van der Waals surface area contributed by atoms with E-state index >= 15 is 0 Å². The van der Waals surface area contributed by atoms with Crippen LogP contribution in [0.5, 0.6) is 0 Å². The summed E-state index contributed by atoms with van der Waals surface area (Å²) in [6, 6.07) is 5.00. The van der Waals surface area contributed by atoms with E-state index in [0.717, 1.165) is 0 Å². The average molecular weight is 280 g/mol. The third-order valence-electron chi connectivity index (χ3n) is 2.77. The Hall–Kier alpha value is -2.02. The summed E-state index contributed by atoms with van der Waals surface area (Å²) in [5, 5.41) is 4.09. The maximum Gasteiger partial charge on any atom is 0.264 e. The lowest BCUT2D eigenvalue weighted by atomic mass is 10.2. The molecule has 1 heterocycles. The summed E-state index contributed by atoms with van der Waals surface area (Å²) in [5.41, 5.74) is 7.66. The van der Waals surface area contributed by atoms with E-state index in [9.17, 15) is 8.42 Å². The third-order valence-corrected chi connectivity index (χ3v) is 4.35. The van der Waals surface area contributed by atoms with Gasteiger partial charge >= 0.3 is 0 Å². The molecular weight excluding hydrogens is 264 g/mol. The van der Waals surface area contributed by atoms with E-state index in [-0.39, 0.29) is 10.6 Å². The lowest BCUT2D eigenvalue weighted by Gasteiger charge is -2.11. The van der Waals surface area contributed by atoms with Gasteiger partial charge in [0.05, 0.1) is 17.1 Å². The Kier molecular flexibility index (Phi) is 3.23. The first kappa shape index (κ1) is 13.4. The topological polar surface area (TPSA) is 90.0 Å². The molecule has 0 radical (unpaired) electrons. The van der Waals surface area contributed by atoms with Crippen LogP contribution in [0.15, 0.2) is 29.3 Å². The summed E-state index contributed by atoms with van der Waals surface area (Å²) in [4.78, 5) is 0.109. The van der Waals surface area contributed by atoms with Gasteiger partial charge in [-0.25, -0.2) is 8.42 Å². The fourth-order valence-electron chi connectivity index (χ4n) is 1.94. The smallest absolute Gasteiger partial charge is 0.264 e. The van der Waals surface area contributed by atoms with Crippen molar-refractivity contribution in [3.05, 3.63) is 35.7 Å². The summed E-state index contributed by atoms with van der Waals surface area (Å²) in [6.45, 7) is 3.44. The first-order valence-electron chi connectivity index (χ1n) is 5.69. The van der Waals surface area contributed by atoms with Crippen molar-refractivity contribution in [2.24, 2.45) is 7.05 Å². The van der Waals surface area contributed by atoms with Crippen LogP contribution in [0.4, 0.5) is 11.4 Å². The molecule has 2 rings (SSSR count). The number of hydrogen-bond acceptors (Lipinski definition) is 4. The van der Waals surface area contributed by atoms with Gasteiger partial charge in [-0.05, 0) is 25.5 Å². The van der Waals surface area contributed by atoms with E-state index in [0.29, 0.717) is 16.9 Å². The molecule has 0 aliphatic carbocycles.